The Morgan fingerprint density at radius 2 is 1.96 bits per heavy atom. The summed E-state index contributed by atoms with van der Waals surface area (Å²) in [5.41, 5.74) is 2.67. The van der Waals surface area contributed by atoms with Gasteiger partial charge in [-0.15, -0.1) is 0 Å². The average molecular weight is 381 g/mol. The Labute approximate surface area is 162 Å². The molecule has 1 aromatic carbocycles. The SMILES string of the molecule is COc1ccc2c(c1)C1(CCN(c3nc4c(c(=O)[nH]3)CCCC4)CC1)OC2=O. The number of aromatic nitrogens is 2. The predicted octanol–water partition coefficient (Wildman–Crippen LogP) is 2.32. The number of carbonyl (C=O) groups excluding carboxylic acids is 1. The first-order chi connectivity index (χ1) is 13.6. The lowest BCUT2D eigenvalue weighted by molar-refractivity contribution is -0.0212. The molecule has 3 heterocycles. The second kappa shape index (κ2) is 6.36. The summed E-state index contributed by atoms with van der Waals surface area (Å²) >= 11 is 0. The van der Waals surface area contributed by atoms with Gasteiger partial charge in [0.25, 0.3) is 5.56 Å². The van der Waals surface area contributed by atoms with E-state index in [0.717, 1.165) is 48.3 Å². The number of rotatable bonds is 2. The summed E-state index contributed by atoms with van der Waals surface area (Å²) in [6.45, 7) is 1.32. The van der Waals surface area contributed by atoms with E-state index in [1.165, 1.54) is 0 Å². The van der Waals surface area contributed by atoms with E-state index in [1.54, 1.807) is 19.2 Å². The van der Waals surface area contributed by atoms with Crippen molar-refractivity contribution in [1.82, 2.24) is 9.97 Å². The highest BCUT2D eigenvalue weighted by Crippen LogP contribution is 2.45. The van der Waals surface area contributed by atoms with E-state index in [2.05, 4.69) is 9.88 Å². The Morgan fingerprint density at radius 1 is 1.18 bits per heavy atom. The highest BCUT2D eigenvalue weighted by molar-refractivity contribution is 5.95. The number of carbonyl (C=O) groups is 1. The van der Waals surface area contributed by atoms with Gasteiger partial charge in [0.05, 0.1) is 18.4 Å². The fourth-order valence-corrected chi connectivity index (χ4v) is 4.68. The molecular weight excluding hydrogens is 358 g/mol. The second-order valence-electron chi connectivity index (χ2n) is 7.80. The van der Waals surface area contributed by atoms with Crippen LogP contribution in [0.3, 0.4) is 0 Å². The summed E-state index contributed by atoms with van der Waals surface area (Å²) in [7, 11) is 1.62. The van der Waals surface area contributed by atoms with Crippen LogP contribution in [0.1, 0.15) is 52.9 Å². The predicted molar refractivity (Wildman–Crippen MR) is 103 cm³/mol. The van der Waals surface area contributed by atoms with Gasteiger partial charge in [-0.3, -0.25) is 9.78 Å². The Bertz CT molecular complexity index is 1010. The number of fused-ring (bicyclic) bond motifs is 3. The molecule has 146 valence electrons. The van der Waals surface area contributed by atoms with E-state index in [4.69, 9.17) is 14.5 Å². The van der Waals surface area contributed by atoms with Gasteiger partial charge < -0.3 is 14.4 Å². The van der Waals surface area contributed by atoms with Crippen molar-refractivity contribution < 1.29 is 14.3 Å². The quantitative estimate of drug-likeness (QED) is 0.804. The number of nitrogens with one attached hydrogen (secondary N) is 1. The number of methoxy groups -OCH3 is 1. The largest absolute Gasteiger partial charge is 0.497 e. The molecule has 1 spiro atoms. The first-order valence-corrected chi connectivity index (χ1v) is 9.88. The molecular formula is C21H23N3O4. The van der Waals surface area contributed by atoms with Crippen LogP contribution in [0.2, 0.25) is 0 Å². The van der Waals surface area contributed by atoms with Crippen LogP contribution < -0.4 is 15.2 Å². The Balaban J connectivity index is 1.41. The number of aryl methyl sites for hydroxylation is 1. The first-order valence-electron chi connectivity index (χ1n) is 9.88. The lowest BCUT2D eigenvalue weighted by Crippen LogP contribution is -2.44. The third-order valence-corrected chi connectivity index (χ3v) is 6.28. The van der Waals surface area contributed by atoms with Gasteiger partial charge in [-0.2, -0.15) is 0 Å². The van der Waals surface area contributed by atoms with Gasteiger partial charge >= 0.3 is 5.97 Å². The number of hydrogen-bond acceptors (Lipinski definition) is 6. The first kappa shape index (κ1) is 17.3. The average Bonchev–Trinajstić information content (AvgIpc) is 2.99. The smallest absolute Gasteiger partial charge is 0.339 e. The lowest BCUT2D eigenvalue weighted by Gasteiger charge is -2.39. The van der Waals surface area contributed by atoms with Crippen molar-refractivity contribution in [2.75, 3.05) is 25.1 Å². The van der Waals surface area contributed by atoms with E-state index in [1.807, 2.05) is 6.07 Å². The van der Waals surface area contributed by atoms with Crippen LogP contribution in [0.15, 0.2) is 23.0 Å². The number of aromatic amines is 1. The molecule has 7 nitrogen and oxygen atoms in total. The zero-order valence-corrected chi connectivity index (χ0v) is 15.9. The van der Waals surface area contributed by atoms with Gasteiger partial charge in [0.2, 0.25) is 5.95 Å². The van der Waals surface area contributed by atoms with Crippen LogP contribution in [-0.4, -0.2) is 36.1 Å². The monoisotopic (exact) mass is 381 g/mol. The zero-order valence-electron chi connectivity index (χ0n) is 15.9. The Kier molecular flexibility index (Phi) is 3.92. The number of nitrogens with zero attached hydrogens (tertiary/aromatic N) is 2. The molecule has 1 fully saturated rings. The molecule has 3 aliphatic rings. The molecule has 2 aliphatic heterocycles. The van der Waals surface area contributed by atoms with Gasteiger partial charge in [-0.25, -0.2) is 9.78 Å². The third kappa shape index (κ3) is 2.60. The molecule has 1 aromatic heterocycles. The fraction of sp³-hybridized carbons (Fsp3) is 0.476. The zero-order chi connectivity index (χ0) is 19.3. The summed E-state index contributed by atoms with van der Waals surface area (Å²) in [6.07, 6.45) is 5.13. The van der Waals surface area contributed by atoms with Crippen LogP contribution >= 0.6 is 0 Å². The molecule has 28 heavy (non-hydrogen) atoms. The third-order valence-electron chi connectivity index (χ3n) is 6.28. The van der Waals surface area contributed by atoms with Crippen LogP contribution in [0.5, 0.6) is 5.75 Å². The van der Waals surface area contributed by atoms with E-state index in [0.29, 0.717) is 37.4 Å². The van der Waals surface area contributed by atoms with Crippen molar-refractivity contribution in [3.63, 3.8) is 0 Å². The minimum Gasteiger partial charge on any atom is -0.497 e. The number of esters is 1. The molecule has 0 radical (unpaired) electrons. The molecule has 0 atom stereocenters. The van der Waals surface area contributed by atoms with Crippen molar-refractivity contribution in [2.24, 2.45) is 0 Å². The summed E-state index contributed by atoms with van der Waals surface area (Å²) in [4.78, 5) is 34.6. The highest BCUT2D eigenvalue weighted by atomic mass is 16.6. The van der Waals surface area contributed by atoms with Gasteiger partial charge in [-0.1, -0.05) is 0 Å². The van der Waals surface area contributed by atoms with Crippen molar-refractivity contribution in [1.29, 1.82) is 0 Å². The van der Waals surface area contributed by atoms with Gasteiger partial charge in [0.1, 0.15) is 11.4 Å². The number of hydrogen-bond donors (Lipinski definition) is 1. The van der Waals surface area contributed by atoms with Gasteiger partial charge in [-0.05, 0) is 43.9 Å². The summed E-state index contributed by atoms with van der Waals surface area (Å²) < 4.78 is 11.2. The number of piperidine rings is 1. The molecule has 2 aromatic rings. The molecule has 1 saturated heterocycles. The van der Waals surface area contributed by atoms with E-state index < -0.39 is 5.60 Å². The highest BCUT2D eigenvalue weighted by Gasteiger charge is 2.47. The molecule has 5 rings (SSSR count). The van der Waals surface area contributed by atoms with Crippen molar-refractivity contribution in [3.8, 4) is 5.75 Å². The van der Waals surface area contributed by atoms with E-state index in [9.17, 15) is 9.59 Å². The maximum Gasteiger partial charge on any atom is 0.339 e. The number of H-pyrrole nitrogens is 1. The van der Waals surface area contributed by atoms with Crippen LogP contribution in [0.25, 0.3) is 0 Å². The van der Waals surface area contributed by atoms with Crippen molar-refractivity contribution in [3.05, 3.63) is 50.9 Å². The minimum absolute atomic E-state index is 0.0117. The van der Waals surface area contributed by atoms with Crippen molar-refractivity contribution in [2.45, 2.75) is 44.1 Å². The normalized spacial score (nSPS) is 19.9. The number of anilines is 1. The lowest BCUT2D eigenvalue weighted by atomic mass is 9.83. The maximum atomic E-state index is 12.4. The molecule has 0 bridgehead atoms. The van der Waals surface area contributed by atoms with Crippen LogP contribution in [0, 0.1) is 0 Å². The van der Waals surface area contributed by atoms with Gasteiger partial charge in [0.15, 0.2) is 0 Å². The van der Waals surface area contributed by atoms with Crippen LogP contribution in [0.4, 0.5) is 5.95 Å². The molecule has 1 aliphatic carbocycles. The molecule has 0 unspecified atom stereocenters. The standard InChI is InChI=1S/C21H23N3O4/c1-27-13-6-7-14-16(12-13)21(28-19(14)26)8-10-24(11-9-21)20-22-17-5-3-2-4-15(17)18(25)23-20/h6-7,12H,2-5,8-11H2,1H3,(H,22,23,25). The van der Waals surface area contributed by atoms with Crippen molar-refractivity contribution >= 4 is 11.9 Å². The van der Waals surface area contributed by atoms with Gasteiger partial charge in [0, 0.05) is 37.1 Å². The molecule has 1 N–H and O–H groups in total. The number of ether oxygens (including phenoxy) is 2. The molecule has 7 heteroatoms. The summed E-state index contributed by atoms with van der Waals surface area (Å²) in [6, 6.07) is 5.48. The minimum atomic E-state index is -0.619. The second-order valence-corrected chi connectivity index (χ2v) is 7.80. The Hall–Kier alpha value is -2.83. The topological polar surface area (TPSA) is 84.5 Å². The molecule has 0 amide bonds. The summed E-state index contributed by atoms with van der Waals surface area (Å²) in [5.74, 6) is 1.08. The van der Waals surface area contributed by atoms with Crippen LogP contribution in [-0.2, 0) is 23.2 Å². The maximum absolute atomic E-state index is 12.4. The summed E-state index contributed by atoms with van der Waals surface area (Å²) in [5, 5.41) is 0. The number of benzene rings is 1. The molecule has 0 saturated carbocycles. The van der Waals surface area contributed by atoms with E-state index in [-0.39, 0.29) is 11.5 Å². The van der Waals surface area contributed by atoms with E-state index >= 15 is 0 Å². The fourth-order valence-electron chi connectivity index (χ4n) is 4.68. The Morgan fingerprint density at radius 3 is 2.75 bits per heavy atom.